The molecule has 0 aliphatic heterocycles. The van der Waals surface area contributed by atoms with Gasteiger partial charge in [-0.25, -0.2) is 10.1 Å². The maximum absolute atomic E-state index is 13.2. The molecule has 0 heterocycles. The van der Waals surface area contributed by atoms with E-state index in [-0.39, 0.29) is 24.2 Å². The third kappa shape index (κ3) is 3.71. The molecule has 4 bridgehead atoms. The van der Waals surface area contributed by atoms with Crippen LogP contribution in [0.2, 0.25) is 0 Å². The molecule has 0 aromatic heterocycles. The van der Waals surface area contributed by atoms with Crippen molar-refractivity contribution in [1.29, 1.82) is 0 Å². The van der Waals surface area contributed by atoms with Gasteiger partial charge < -0.3 is 9.47 Å². The van der Waals surface area contributed by atoms with E-state index in [9.17, 15) is 23.2 Å². The molecule has 4 saturated carbocycles. The first-order valence-corrected chi connectivity index (χ1v) is 8.93. The highest BCUT2D eigenvalue weighted by Crippen LogP contribution is 2.59. The van der Waals surface area contributed by atoms with Gasteiger partial charge in [0.2, 0.25) is 0 Å². The normalized spacial score (nSPS) is 32.6. The van der Waals surface area contributed by atoms with Gasteiger partial charge in [0.15, 0.2) is 0 Å². The van der Waals surface area contributed by atoms with Crippen molar-refractivity contribution in [2.45, 2.75) is 37.4 Å². The molecule has 0 aromatic carbocycles. The van der Waals surface area contributed by atoms with E-state index >= 15 is 0 Å². The molecule has 11 heteroatoms. The minimum atomic E-state index is -4.09. The summed E-state index contributed by atoms with van der Waals surface area (Å²) in [7, 11) is 0. The first-order valence-electron chi connectivity index (χ1n) is 8.19. The predicted octanol–water partition coefficient (Wildman–Crippen LogP) is 2.13. The summed E-state index contributed by atoms with van der Waals surface area (Å²) in [5.41, 5.74) is -0.680. The van der Waals surface area contributed by atoms with E-state index in [0.29, 0.717) is 25.2 Å². The molecule has 0 spiro atoms. The Kier molecular flexibility index (Phi) is 5.52. The molecule has 26 heavy (non-hydrogen) atoms. The van der Waals surface area contributed by atoms with Gasteiger partial charge in [-0.2, -0.15) is 8.78 Å². The number of carbonyl (C=O) groups excluding carboxylic acids is 3. The number of alkyl halides is 2. The van der Waals surface area contributed by atoms with Gasteiger partial charge in [-0.1, -0.05) is 5.04 Å². The first-order chi connectivity index (χ1) is 12.3. The number of halogens is 2. The van der Waals surface area contributed by atoms with Crippen molar-refractivity contribution in [2.75, 3.05) is 13.2 Å². The Morgan fingerprint density at radius 2 is 1.77 bits per heavy atom. The largest absolute Gasteiger partial charge is 0.462 e. The molecular weight excluding hydrogens is 378 g/mol. The molecular formula is C15H18F2O8S. The molecule has 0 amide bonds. The van der Waals surface area contributed by atoms with E-state index in [1.807, 2.05) is 0 Å². The molecule has 4 fully saturated rings. The highest BCUT2D eigenvalue weighted by Gasteiger charge is 2.59. The Labute approximate surface area is 151 Å². The lowest BCUT2D eigenvalue weighted by molar-refractivity contribution is -0.433. The van der Waals surface area contributed by atoms with Gasteiger partial charge in [0.1, 0.15) is 31.0 Å². The summed E-state index contributed by atoms with van der Waals surface area (Å²) >= 11 is -0.730. The van der Waals surface area contributed by atoms with Crippen LogP contribution in [0.3, 0.4) is 0 Å². The molecule has 0 saturated heterocycles. The zero-order valence-electron chi connectivity index (χ0n) is 13.7. The fraction of sp³-hybridized carbons (Fsp3) is 0.800. The van der Waals surface area contributed by atoms with Crippen LogP contribution in [-0.2, 0) is 33.2 Å². The molecule has 4 aliphatic rings. The summed E-state index contributed by atoms with van der Waals surface area (Å²) in [6.07, 6.45) is 3.29. The van der Waals surface area contributed by atoms with Crippen LogP contribution in [0.15, 0.2) is 0 Å². The molecule has 4 rings (SSSR count). The molecule has 1 N–H and O–H groups in total. The van der Waals surface area contributed by atoms with Crippen molar-refractivity contribution < 1.29 is 47.3 Å². The van der Waals surface area contributed by atoms with Crippen molar-refractivity contribution >= 4 is 29.8 Å². The van der Waals surface area contributed by atoms with Gasteiger partial charge in [-0.3, -0.25) is 9.59 Å². The fourth-order valence-electron chi connectivity index (χ4n) is 4.59. The average molecular weight is 396 g/mol. The van der Waals surface area contributed by atoms with E-state index in [0.717, 1.165) is 12.8 Å². The lowest BCUT2D eigenvalue weighted by Crippen LogP contribution is -2.55. The van der Waals surface area contributed by atoms with Crippen LogP contribution >= 0.6 is 12.0 Å². The van der Waals surface area contributed by atoms with Crippen LogP contribution in [0.4, 0.5) is 8.78 Å². The maximum atomic E-state index is 13.2. The van der Waals surface area contributed by atoms with Crippen LogP contribution in [0.1, 0.15) is 32.1 Å². The SMILES string of the molecule is O=C1C2CC3CC1CC(C(=O)OCCOC(=O)C(F)(F)SOOO)(C3)C2. The number of hydrogen-bond donors (Lipinski definition) is 1. The topological polar surface area (TPSA) is 108 Å². The van der Waals surface area contributed by atoms with Crippen LogP contribution in [0, 0.1) is 23.2 Å². The smallest absolute Gasteiger partial charge is 0.415 e. The van der Waals surface area contributed by atoms with Crippen molar-refractivity contribution in [2.24, 2.45) is 23.2 Å². The molecule has 2 atom stereocenters. The quantitative estimate of drug-likeness (QED) is 0.217. The van der Waals surface area contributed by atoms with Gasteiger partial charge in [0.25, 0.3) is 0 Å². The molecule has 4 aliphatic carbocycles. The number of ether oxygens (including phenoxy) is 2. The van der Waals surface area contributed by atoms with Crippen LogP contribution in [-0.4, -0.2) is 41.4 Å². The maximum Gasteiger partial charge on any atom is 0.415 e. The lowest BCUT2D eigenvalue weighted by atomic mass is 9.49. The third-order valence-electron chi connectivity index (χ3n) is 5.38. The molecule has 2 unspecified atom stereocenters. The number of rotatable bonds is 8. The van der Waals surface area contributed by atoms with Gasteiger partial charge in [-0.15, -0.1) is 4.33 Å². The number of carbonyl (C=O) groups is 3. The van der Waals surface area contributed by atoms with Crippen molar-refractivity contribution in [1.82, 2.24) is 0 Å². The third-order valence-corrected chi connectivity index (χ3v) is 5.89. The van der Waals surface area contributed by atoms with Crippen LogP contribution in [0.25, 0.3) is 0 Å². The van der Waals surface area contributed by atoms with Gasteiger partial charge >= 0.3 is 17.2 Å². The van der Waals surface area contributed by atoms with Crippen molar-refractivity contribution in [3.63, 3.8) is 0 Å². The highest BCUT2D eigenvalue weighted by atomic mass is 32.2. The second kappa shape index (κ2) is 7.37. The summed E-state index contributed by atoms with van der Waals surface area (Å²) in [5.74, 6) is -1.96. The predicted molar refractivity (Wildman–Crippen MR) is 80.2 cm³/mol. The van der Waals surface area contributed by atoms with Gasteiger partial charge in [0.05, 0.1) is 5.41 Å². The number of hydrogen-bond acceptors (Lipinski definition) is 9. The monoisotopic (exact) mass is 396 g/mol. The minimum Gasteiger partial charge on any atom is -0.462 e. The van der Waals surface area contributed by atoms with E-state index in [1.54, 1.807) is 0 Å². The second-order valence-electron chi connectivity index (χ2n) is 7.04. The molecule has 146 valence electrons. The summed E-state index contributed by atoms with van der Waals surface area (Å²) < 4.78 is 39.3. The van der Waals surface area contributed by atoms with Gasteiger partial charge in [-0.05, 0) is 38.0 Å². The number of esters is 2. The number of ketones is 1. The summed E-state index contributed by atoms with van der Waals surface area (Å²) in [6, 6.07) is 0. The minimum absolute atomic E-state index is 0.0870. The molecule has 0 radical (unpaired) electrons. The Morgan fingerprint density at radius 1 is 1.15 bits per heavy atom. The van der Waals surface area contributed by atoms with Crippen molar-refractivity contribution in [3.8, 4) is 0 Å². The zero-order valence-corrected chi connectivity index (χ0v) is 14.5. The Bertz CT molecular complexity index is 580. The van der Waals surface area contributed by atoms with E-state index in [1.165, 1.54) is 0 Å². The zero-order chi connectivity index (χ0) is 18.9. The Morgan fingerprint density at radius 3 is 2.38 bits per heavy atom. The molecule has 8 nitrogen and oxygen atoms in total. The van der Waals surface area contributed by atoms with E-state index in [4.69, 9.17) is 9.99 Å². The molecule has 0 aromatic rings. The van der Waals surface area contributed by atoms with Crippen LogP contribution < -0.4 is 0 Å². The fourth-order valence-corrected chi connectivity index (χ4v) is 4.84. The Balaban J connectivity index is 1.45. The standard InChI is InChI=1S/C15H18F2O8S/c16-15(17,26-25-24-21)13(20)23-2-1-22-12(19)14-5-8-3-9(6-14)11(18)10(4-8)7-14/h8-10,21H,1-7H2. The van der Waals surface area contributed by atoms with E-state index < -0.39 is 41.3 Å². The summed E-state index contributed by atoms with van der Waals surface area (Å²) in [6.45, 7) is -0.912. The highest BCUT2D eigenvalue weighted by molar-refractivity contribution is 7.96. The lowest BCUT2D eigenvalue weighted by Gasteiger charge is -2.53. The number of Topliss-reactive ketones (excluding diaryl/α,β-unsaturated/α-hetero) is 1. The first kappa shape index (κ1) is 19.5. The summed E-state index contributed by atoms with van der Waals surface area (Å²) in [5, 5.41) is 6.71. The van der Waals surface area contributed by atoms with Crippen LogP contribution in [0.5, 0.6) is 0 Å². The Hall–Kier alpha value is -1.30. The van der Waals surface area contributed by atoms with Gasteiger partial charge in [0, 0.05) is 11.8 Å². The van der Waals surface area contributed by atoms with E-state index in [2.05, 4.69) is 14.1 Å². The summed E-state index contributed by atoms with van der Waals surface area (Å²) in [4.78, 5) is 35.8. The second-order valence-corrected chi connectivity index (χ2v) is 7.86. The average Bonchev–Trinajstić information content (AvgIpc) is 2.60. The van der Waals surface area contributed by atoms with Crippen molar-refractivity contribution in [3.05, 3.63) is 0 Å².